The van der Waals surface area contributed by atoms with E-state index in [2.05, 4.69) is 10.3 Å². The average Bonchev–Trinajstić information content (AvgIpc) is 3.20. The summed E-state index contributed by atoms with van der Waals surface area (Å²) in [5.74, 6) is -0.456. The number of carbonyl (C=O) groups is 1. The number of benzene rings is 1. The first-order valence-corrected chi connectivity index (χ1v) is 10.0. The van der Waals surface area contributed by atoms with Gasteiger partial charge in [0, 0.05) is 40.1 Å². The lowest BCUT2D eigenvalue weighted by Gasteiger charge is -2.23. The molecular formula is C22H29FN4O2. The Morgan fingerprint density at radius 2 is 2.10 bits per heavy atom. The van der Waals surface area contributed by atoms with Gasteiger partial charge in [0.1, 0.15) is 17.1 Å². The lowest BCUT2D eigenvalue weighted by molar-refractivity contribution is -0.131. The van der Waals surface area contributed by atoms with Crippen molar-refractivity contribution in [1.29, 1.82) is 0 Å². The van der Waals surface area contributed by atoms with Crippen LogP contribution in [0.4, 0.5) is 4.39 Å². The molecule has 2 saturated heterocycles. The van der Waals surface area contributed by atoms with E-state index in [0.29, 0.717) is 11.6 Å². The van der Waals surface area contributed by atoms with Crippen LogP contribution in [-0.2, 0) is 4.79 Å². The van der Waals surface area contributed by atoms with Crippen molar-refractivity contribution in [2.24, 2.45) is 0 Å². The van der Waals surface area contributed by atoms with E-state index < -0.39 is 11.4 Å². The molecule has 4 rings (SSSR count). The summed E-state index contributed by atoms with van der Waals surface area (Å²) in [5, 5.41) is 3.52. The maximum absolute atomic E-state index is 13.9. The number of alkyl halides is 1. The van der Waals surface area contributed by atoms with Crippen LogP contribution in [0.3, 0.4) is 0 Å². The number of carbonyl (C=O) groups excluding carboxylic acids is 1. The summed E-state index contributed by atoms with van der Waals surface area (Å²) in [4.78, 5) is 23.8. The Morgan fingerprint density at radius 3 is 2.79 bits per heavy atom. The van der Waals surface area contributed by atoms with Crippen LogP contribution in [0.15, 0.2) is 30.3 Å². The van der Waals surface area contributed by atoms with E-state index in [1.807, 2.05) is 32.2 Å². The fraction of sp³-hybridized carbons (Fsp3) is 0.500. The quantitative estimate of drug-likeness (QED) is 0.845. The number of hydrogen-bond donors (Lipinski definition) is 1. The first-order valence-electron chi connectivity index (χ1n) is 10.0. The molecule has 0 unspecified atom stereocenters. The van der Waals surface area contributed by atoms with Crippen molar-refractivity contribution in [3.05, 3.63) is 41.9 Å². The van der Waals surface area contributed by atoms with Gasteiger partial charge in [-0.2, -0.15) is 4.39 Å². The second kappa shape index (κ2) is 7.06. The number of hydrogen-bond acceptors (Lipinski definition) is 5. The third-order valence-electron chi connectivity index (χ3n) is 5.61. The summed E-state index contributed by atoms with van der Waals surface area (Å²) in [6, 6.07) is 9.10. The standard InChI is InChI=1S/C22H27FN4O2.H2/c1-14-12-18(15-6-5-7-16(13-15)29-21(2,3)23)25-19(24-14)17-8-9-22(26-17)10-11-27(4)20(22)28;/h5-7,12-13,17,26H,8-11H2,1-4H3;1H/t17-,22-;/m0./s1. The summed E-state index contributed by atoms with van der Waals surface area (Å²) < 4.78 is 19.2. The number of ether oxygens (including phenoxy) is 1. The number of amides is 1. The summed E-state index contributed by atoms with van der Waals surface area (Å²) >= 11 is 0. The minimum Gasteiger partial charge on any atom is -0.459 e. The maximum Gasteiger partial charge on any atom is 0.242 e. The highest BCUT2D eigenvalue weighted by atomic mass is 19.2. The van der Waals surface area contributed by atoms with Gasteiger partial charge in [0.2, 0.25) is 11.8 Å². The van der Waals surface area contributed by atoms with E-state index in [9.17, 15) is 9.18 Å². The molecule has 2 aliphatic heterocycles. The zero-order valence-electron chi connectivity index (χ0n) is 17.3. The second-order valence-electron chi connectivity index (χ2n) is 8.54. The normalized spacial score (nSPS) is 24.5. The lowest BCUT2D eigenvalue weighted by atomic mass is 9.96. The van der Waals surface area contributed by atoms with Gasteiger partial charge in [-0.15, -0.1) is 0 Å². The van der Waals surface area contributed by atoms with Gasteiger partial charge < -0.3 is 9.64 Å². The van der Waals surface area contributed by atoms with Crippen molar-refractivity contribution in [3.63, 3.8) is 0 Å². The van der Waals surface area contributed by atoms with Crippen molar-refractivity contribution < 1.29 is 15.3 Å². The number of rotatable bonds is 4. The Morgan fingerprint density at radius 1 is 1.31 bits per heavy atom. The topological polar surface area (TPSA) is 67.3 Å². The van der Waals surface area contributed by atoms with Gasteiger partial charge in [0.15, 0.2) is 0 Å². The number of halogens is 1. The lowest BCUT2D eigenvalue weighted by Crippen LogP contribution is -2.47. The molecule has 1 aromatic heterocycles. The van der Waals surface area contributed by atoms with Gasteiger partial charge in [-0.3, -0.25) is 10.1 Å². The first-order chi connectivity index (χ1) is 13.7. The molecule has 0 saturated carbocycles. The minimum absolute atomic E-state index is 0. The number of likely N-dealkylation sites (N-methyl/N-ethyl adjacent to an activating group) is 1. The van der Waals surface area contributed by atoms with Crippen molar-refractivity contribution >= 4 is 5.91 Å². The minimum atomic E-state index is -1.76. The van der Waals surface area contributed by atoms with E-state index in [0.717, 1.165) is 42.8 Å². The van der Waals surface area contributed by atoms with E-state index in [4.69, 9.17) is 9.72 Å². The zero-order chi connectivity index (χ0) is 20.8. The molecule has 2 aromatic rings. The van der Waals surface area contributed by atoms with Crippen molar-refractivity contribution in [2.75, 3.05) is 13.6 Å². The molecule has 0 aliphatic carbocycles. The molecule has 2 atom stereocenters. The van der Waals surface area contributed by atoms with Crippen LogP contribution in [0.25, 0.3) is 11.3 Å². The molecular weight excluding hydrogens is 371 g/mol. The van der Waals surface area contributed by atoms with Crippen LogP contribution in [0.5, 0.6) is 5.75 Å². The molecule has 0 bridgehead atoms. The van der Waals surface area contributed by atoms with E-state index in [1.54, 1.807) is 17.0 Å². The van der Waals surface area contributed by atoms with Gasteiger partial charge in [0.05, 0.1) is 11.7 Å². The Hall–Kier alpha value is -2.54. The van der Waals surface area contributed by atoms with Gasteiger partial charge in [-0.1, -0.05) is 12.1 Å². The molecule has 7 heteroatoms. The molecule has 0 radical (unpaired) electrons. The number of likely N-dealkylation sites (tertiary alicyclic amines) is 1. The van der Waals surface area contributed by atoms with Gasteiger partial charge in [0.25, 0.3) is 0 Å². The van der Waals surface area contributed by atoms with Crippen molar-refractivity contribution in [3.8, 4) is 17.0 Å². The monoisotopic (exact) mass is 400 g/mol. The van der Waals surface area contributed by atoms with Crippen LogP contribution < -0.4 is 10.1 Å². The largest absolute Gasteiger partial charge is 0.459 e. The molecule has 1 spiro atoms. The second-order valence-corrected chi connectivity index (χ2v) is 8.54. The van der Waals surface area contributed by atoms with Gasteiger partial charge in [-0.05, 0) is 44.4 Å². The average molecular weight is 400 g/mol. The van der Waals surface area contributed by atoms with E-state index >= 15 is 0 Å². The number of aromatic nitrogens is 2. The number of aryl methyl sites for hydroxylation is 1. The van der Waals surface area contributed by atoms with Crippen molar-refractivity contribution in [2.45, 2.75) is 57.5 Å². The van der Waals surface area contributed by atoms with E-state index in [-0.39, 0.29) is 13.4 Å². The fourth-order valence-corrected chi connectivity index (χ4v) is 4.25. The molecule has 2 fully saturated rings. The summed E-state index contributed by atoms with van der Waals surface area (Å²) in [7, 11) is 1.85. The highest BCUT2D eigenvalue weighted by Crippen LogP contribution is 2.38. The highest BCUT2D eigenvalue weighted by Gasteiger charge is 2.50. The zero-order valence-corrected chi connectivity index (χ0v) is 17.3. The molecule has 3 heterocycles. The van der Waals surface area contributed by atoms with Crippen LogP contribution in [0, 0.1) is 6.92 Å². The predicted molar refractivity (Wildman–Crippen MR) is 110 cm³/mol. The van der Waals surface area contributed by atoms with Crippen LogP contribution >= 0.6 is 0 Å². The predicted octanol–water partition coefficient (Wildman–Crippen LogP) is 3.81. The number of nitrogens with one attached hydrogen (secondary N) is 1. The van der Waals surface area contributed by atoms with Gasteiger partial charge >= 0.3 is 0 Å². The molecule has 1 amide bonds. The van der Waals surface area contributed by atoms with E-state index in [1.165, 1.54) is 13.8 Å². The van der Waals surface area contributed by atoms with Crippen LogP contribution in [-0.4, -0.2) is 45.8 Å². The van der Waals surface area contributed by atoms with Crippen molar-refractivity contribution in [1.82, 2.24) is 20.2 Å². The summed E-state index contributed by atoms with van der Waals surface area (Å²) in [6.45, 7) is 5.45. The Bertz CT molecular complexity index is 949. The van der Waals surface area contributed by atoms with Gasteiger partial charge in [-0.25, -0.2) is 9.97 Å². The molecule has 2 aliphatic rings. The van der Waals surface area contributed by atoms with Crippen LogP contribution in [0.1, 0.15) is 52.1 Å². The molecule has 6 nitrogen and oxygen atoms in total. The third-order valence-corrected chi connectivity index (χ3v) is 5.61. The Balaban J connectivity index is 0.00000256. The SMILES string of the molecule is Cc1cc(-c2cccc(OC(C)(C)F)c2)nc([C@@H]2CC[C@@]3(CCN(C)C3=O)N2)n1.[HH]. The highest BCUT2D eigenvalue weighted by molar-refractivity contribution is 5.88. The Labute approximate surface area is 172 Å². The molecule has 1 aromatic carbocycles. The first kappa shape index (κ1) is 19.8. The Kier molecular flexibility index (Phi) is 4.81. The summed E-state index contributed by atoms with van der Waals surface area (Å²) in [5.41, 5.74) is 1.96. The third kappa shape index (κ3) is 3.96. The van der Waals surface area contributed by atoms with Crippen LogP contribution in [0.2, 0.25) is 0 Å². The maximum atomic E-state index is 13.9. The smallest absolute Gasteiger partial charge is 0.242 e. The molecule has 156 valence electrons. The number of nitrogens with zero attached hydrogens (tertiary/aromatic N) is 3. The molecule has 1 N–H and O–H groups in total. The molecule has 29 heavy (non-hydrogen) atoms. The fourth-order valence-electron chi connectivity index (χ4n) is 4.25. The summed E-state index contributed by atoms with van der Waals surface area (Å²) in [6.07, 6.45) is 2.43.